The number of carbonyl (C=O) groups excluding carboxylic acids is 2. The second-order valence-corrected chi connectivity index (χ2v) is 9.48. The monoisotopic (exact) mass is 526 g/mol. The van der Waals surface area contributed by atoms with Crippen molar-refractivity contribution in [2.45, 2.75) is 38.5 Å². The maximum atomic E-state index is 13.7. The molecule has 0 bridgehead atoms. The number of para-hydroxylation sites is 1. The van der Waals surface area contributed by atoms with Crippen molar-refractivity contribution in [2.75, 3.05) is 10.2 Å². The lowest BCUT2D eigenvalue weighted by Gasteiger charge is -2.28. The van der Waals surface area contributed by atoms with Crippen LogP contribution in [0.4, 0.5) is 11.4 Å². The number of hydrogen-bond acceptors (Lipinski definition) is 4. The van der Waals surface area contributed by atoms with Crippen molar-refractivity contribution in [3.63, 3.8) is 0 Å². The number of anilines is 2. The molecule has 36 heavy (non-hydrogen) atoms. The van der Waals surface area contributed by atoms with Crippen LogP contribution in [-0.4, -0.2) is 35.0 Å². The van der Waals surface area contributed by atoms with E-state index in [0.717, 1.165) is 0 Å². The molecule has 2 N–H and O–H groups in total. The summed E-state index contributed by atoms with van der Waals surface area (Å²) < 4.78 is 6.33. The molecule has 1 aliphatic rings. The van der Waals surface area contributed by atoms with Crippen LogP contribution >= 0.6 is 23.2 Å². The van der Waals surface area contributed by atoms with E-state index in [1.54, 1.807) is 53.4 Å². The summed E-state index contributed by atoms with van der Waals surface area (Å²) >= 11 is 12.8. The molecule has 2 amide bonds. The van der Waals surface area contributed by atoms with Crippen LogP contribution in [0.3, 0.4) is 0 Å². The summed E-state index contributed by atoms with van der Waals surface area (Å²) in [6.45, 7) is 3.73. The highest BCUT2D eigenvalue weighted by Gasteiger charge is 2.39. The Morgan fingerprint density at radius 1 is 1.03 bits per heavy atom. The van der Waals surface area contributed by atoms with Gasteiger partial charge in [0.15, 0.2) is 0 Å². The van der Waals surface area contributed by atoms with Crippen molar-refractivity contribution >= 4 is 52.4 Å². The molecule has 2 atom stereocenters. The first kappa shape index (κ1) is 25.7. The minimum atomic E-state index is -1.18. The van der Waals surface area contributed by atoms with Gasteiger partial charge in [0, 0.05) is 27.2 Å². The zero-order valence-corrected chi connectivity index (χ0v) is 21.1. The van der Waals surface area contributed by atoms with Gasteiger partial charge in [-0.1, -0.05) is 53.5 Å². The number of hydrogen-bond donors (Lipinski definition) is 2. The van der Waals surface area contributed by atoms with Gasteiger partial charge in [-0.3, -0.25) is 9.59 Å². The predicted octanol–water partition coefficient (Wildman–Crippen LogP) is 5.95. The number of ether oxygens (including phenoxy) is 1. The highest BCUT2D eigenvalue weighted by Crippen LogP contribution is 2.42. The molecule has 0 saturated carbocycles. The van der Waals surface area contributed by atoms with Crippen molar-refractivity contribution in [2.24, 2.45) is 0 Å². The normalized spacial score (nSPS) is 17.5. The number of fused-ring (bicyclic) bond motifs is 1. The van der Waals surface area contributed by atoms with Crippen molar-refractivity contribution in [3.05, 3.63) is 93.5 Å². The van der Waals surface area contributed by atoms with Gasteiger partial charge in [-0.25, -0.2) is 4.79 Å². The summed E-state index contributed by atoms with van der Waals surface area (Å²) in [6, 6.07) is 18.1. The molecule has 0 aliphatic carbocycles. The fourth-order valence-corrected chi connectivity index (χ4v) is 4.68. The van der Waals surface area contributed by atoms with Crippen LogP contribution in [0.5, 0.6) is 0 Å². The average Bonchev–Trinajstić information content (AvgIpc) is 2.94. The van der Waals surface area contributed by atoms with Gasteiger partial charge in [0.2, 0.25) is 5.91 Å². The summed E-state index contributed by atoms with van der Waals surface area (Å²) in [5.74, 6) is -2.14. The van der Waals surface area contributed by atoms with E-state index in [9.17, 15) is 19.5 Å². The van der Waals surface area contributed by atoms with Crippen LogP contribution in [0.1, 0.15) is 47.9 Å². The maximum absolute atomic E-state index is 13.7. The molecule has 0 saturated heterocycles. The summed E-state index contributed by atoms with van der Waals surface area (Å²) in [6.07, 6.45) is -2.28. The number of nitrogens with one attached hydrogen (secondary N) is 1. The molecule has 0 spiro atoms. The van der Waals surface area contributed by atoms with E-state index < -0.39 is 30.0 Å². The van der Waals surface area contributed by atoms with E-state index in [0.29, 0.717) is 26.9 Å². The second-order valence-electron chi connectivity index (χ2n) is 8.63. The van der Waals surface area contributed by atoms with Gasteiger partial charge in [0.05, 0.1) is 23.4 Å². The van der Waals surface area contributed by atoms with Crippen LogP contribution in [0.2, 0.25) is 10.0 Å². The van der Waals surface area contributed by atoms with Crippen LogP contribution in [0.25, 0.3) is 0 Å². The maximum Gasteiger partial charge on any atom is 0.337 e. The molecule has 1 aliphatic heterocycles. The first-order valence-corrected chi connectivity index (χ1v) is 12.1. The third kappa shape index (κ3) is 5.23. The number of amides is 2. The lowest BCUT2D eigenvalue weighted by molar-refractivity contribution is -0.136. The molecule has 4 rings (SSSR count). The standard InChI is InChI=1S/C27H24Cl2N2O5/c1-15(2)31-22-12-11-16(28)13-19(22)25(17-7-3-5-9-20(17)29)36-23(26(31)33)14-24(32)30-21-10-6-4-8-18(21)27(34)35/h3-13,15,23,25H,14H2,1-2H3,(H,30,32)(H,34,35)/t23-,25-/m0/s1. The zero-order valence-electron chi connectivity index (χ0n) is 19.6. The van der Waals surface area contributed by atoms with Gasteiger partial charge in [0.25, 0.3) is 5.91 Å². The number of benzene rings is 3. The minimum Gasteiger partial charge on any atom is -0.478 e. The van der Waals surface area contributed by atoms with Crippen LogP contribution in [-0.2, 0) is 14.3 Å². The molecule has 0 unspecified atom stereocenters. The smallest absolute Gasteiger partial charge is 0.337 e. The number of halogens is 2. The molecular weight excluding hydrogens is 503 g/mol. The first-order valence-electron chi connectivity index (χ1n) is 11.3. The SMILES string of the molecule is CC(C)N1C(=O)[C@H](CC(=O)Nc2ccccc2C(=O)O)O[C@@H](c2ccccc2Cl)c2cc(Cl)ccc21. The third-order valence-corrected chi connectivity index (χ3v) is 6.43. The van der Waals surface area contributed by atoms with Crippen LogP contribution in [0, 0.1) is 0 Å². The third-order valence-electron chi connectivity index (χ3n) is 5.85. The van der Waals surface area contributed by atoms with E-state index in [1.807, 2.05) is 19.9 Å². The Morgan fingerprint density at radius 3 is 2.42 bits per heavy atom. The first-order chi connectivity index (χ1) is 17.2. The number of aromatic carboxylic acids is 1. The summed E-state index contributed by atoms with van der Waals surface area (Å²) in [5.41, 5.74) is 1.97. The Kier molecular flexibility index (Phi) is 7.64. The van der Waals surface area contributed by atoms with E-state index in [1.165, 1.54) is 12.1 Å². The molecule has 0 radical (unpaired) electrons. The predicted molar refractivity (Wildman–Crippen MR) is 139 cm³/mol. The number of carboxylic acid groups (broad SMARTS) is 1. The molecule has 9 heteroatoms. The average molecular weight is 527 g/mol. The Balaban J connectivity index is 1.74. The summed E-state index contributed by atoms with van der Waals surface area (Å²) in [7, 11) is 0. The van der Waals surface area contributed by atoms with Gasteiger partial charge >= 0.3 is 5.97 Å². The Bertz CT molecular complexity index is 1330. The molecule has 186 valence electrons. The summed E-state index contributed by atoms with van der Waals surface area (Å²) in [5, 5.41) is 12.9. The molecule has 3 aromatic carbocycles. The van der Waals surface area contributed by atoms with E-state index in [-0.39, 0.29) is 23.7 Å². The zero-order chi connectivity index (χ0) is 26.0. The van der Waals surface area contributed by atoms with Crippen LogP contribution in [0.15, 0.2) is 66.7 Å². The van der Waals surface area contributed by atoms with Gasteiger partial charge in [-0.05, 0) is 50.2 Å². The minimum absolute atomic E-state index is 0.0567. The lowest BCUT2D eigenvalue weighted by atomic mass is 9.99. The molecule has 7 nitrogen and oxygen atoms in total. The molecular formula is C27H24Cl2N2O5. The highest BCUT2D eigenvalue weighted by molar-refractivity contribution is 6.31. The Morgan fingerprint density at radius 2 is 1.72 bits per heavy atom. The fourth-order valence-electron chi connectivity index (χ4n) is 4.27. The molecule has 0 aromatic heterocycles. The largest absolute Gasteiger partial charge is 0.478 e. The Hall–Kier alpha value is -3.39. The van der Waals surface area contributed by atoms with Crippen molar-refractivity contribution in [3.8, 4) is 0 Å². The Labute approximate surface area is 218 Å². The fraction of sp³-hybridized carbons (Fsp3) is 0.222. The van der Waals surface area contributed by atoms with Gasteiger partial charge in [0.1, 0.15) is 12.2 Å². The molecule has 0 fully saturated rings. The summed E-state index contributed by atoms with van der Waals surface area (Å²) in [4.78, 5) is 39.9. The van der Waals surface area contributed by atoms with E-state index >= 15 is 0 Å². The number of carboxylic acids is 1. The topological polar surface area (TPSA) is 95.9 Å². The van der Waals surface area contributed by atoms with Gasteiger partial charge in [-0.2, -0.15) is 0 Å². The molecule has 1 heterocycles. The van der Waals surface area contributed by atoms with E-state index in [4.69, 9.17) is 27.9 Å². The van der Waals surface area contributed by atoms with E-state index in [2.05, 4.69) is 5.32 Å². The quantitative estimate of drug-likeness (QED) is 0.413. The highest BCUT2D eigenvalue weighted by atomic mass is 35.5. The van der Waals surface area contributed by atoms with Gasteiger partial charge in [-0.15, -0.1) is 0 Å². The molecule has 3 aromatic rings. The van der Waals surface area contributed by atoms with Crippen molar-refractivity contribution in [1.82, 2.24) is 0 Å². The number of rotatable bonds is 6. The lowest BCUT2D eigenvalue weighted by Crippen LogP contribution is -2.44. The second kappa shape index (κ2) is 10.7. The number of carbonyl (C=O) groups is 3. The van der Waals surface area contributed by atoms with Gasteiger partial charge < -0.3 is 20.1 Å². The van der Waals surface area contributed by atoms with Crippen molar-refractivity contribution < 1.29 is 24.2 Å². The number of nitrogens with zero attached hydrogens (tertiary/aromatic N) is 1. The van der Waals surface area contributed by atoms with Crippen molar-refractivity contribution in [1.29, 1.82) is 0 Å². The van der Waals surface area contributed by atoms with Crippen LogP contribution < -0.4 is 10.2 Å².